The highest BCUT2D eigenvalue weighted by atomic mass is 19.1. The van der Waals surface area contributed by atoms with Crippen LogP contribution in [-0.4, -0.2) is 25.2 Å². The Labute approximate surface area is 123 Å². The molecule has 2 rings (SSSR count). The van der Waals surface area contributed by atoms with Crippen molar-refractivity contribution in [2.24, 2.45) is 5.73 Å². The first-order valence-electron chi connectivity index (χ1n) is 7.09. The number of ether oxygens (including phenoxy) is 1. The molecule has 1 fully saturated rings. The van der Waals surface area contributed by atoms with Gasteiger partial charge in [-0.05, 0) is 37.5 Å². The Hall–Kier alpha value is -1.90. The van der Waals surface area contributed by atoms with Crippen LogP contribution in [0.2, 0.25) is 0 Å². The van der Waals surface area contributed by atoms with Gasteiger partial charge in [-0.2, -0.15) is 0 Å². The van der Waals surface area contributed by atoms with E-state index in [1.54, 1.807) is 0 Å². The molecule has 1 aromatic rings. The lowest BCUT2D eigenvalue weighted by atomic mass is 10.1. The summed E-state index contributed by atoms with van der Waals surface area (Å²) in [7, 11) is 0. The Morgan fingerprint density at radius 2 is 2.33 bits per heavy atom. The maximum atomic E-state index is 13.5. The minimum atomic E-state index is -0.426. The summed E-state index contributed by atoms with van der Waals surface area (Å²) in [5, 5.41) is 2.75. The van der Waals surface area contributed by atoms with Gasteiger partial charge in [-0.1, -0.05) is 11.8 Å². The highest BCUT2D eigenvalue weighted by Gasteiger charge is 2.17. The molecule has 1 heterocycles. The highest BCUT2D eigenvalue weighted by molar-refractivity contribution is 5.91. The number of halogens is 1. The van der Waals surface area contributed by atoms with Gasteiger partial charge in [0.15, 0.2) is 0 Å². The molecule has 0 bridgehead atoms. The third-order valence-electron chi connectivity index (χ3n) is 3.26. The van der Waals surface area contributed by atoms with Gasteiger partial charge in [0.2, 0.25) is 5.91 Å². The predicted molar refractivity (Wildman–Crippen MR) is 79.2 cm³/mol. The van der Waals surface area contributed by atoms with Gasteiger partial charge < -0.3 is 15.8 Å². The van der Waals surface area contributed by atoms with Crippen molar-refractivity contribution in [3.05, 3.63) is 29.6 Å². The molecule has 0 aromatic heterocycles. The van der Waals surface area contributed by atoms with Crippen molar-refractivity contribution in [1.29, 1.82) is 0 Å². The van der Waals surface area contributed by atoms with Crippen LogP contribution in [-0.2, 0) is 9.53 Å². The summed E-state index contributed by atoms with van der Waals surface area (Å²) < 4.78 is 19.1. The molecule has 4 nitrogen and oxygen atoms in total. The average molecular weight is 290 g/mol. The zero-order chi connectivity index (χ0) is 15.1. The fourth-order valence-corrected chi connectivity index (χ4v) is 2.23. The van der Waals surface area contributed by atoms with Crippen LogP contribution in [0.15, 0.2) is 18.2 Å². The van der Waals surface area contributed by atoms with Gasteiger partial charge in [-0.3, -0.25) is 4.79 Å². The number of anilines is 1. The molecule has 5 heteroatoms. The summed E-state index contributed by atoms with van der Waals surface area (Å²) in [4.78, 5) is 12.0. The molecule has 0 aliphatic carbocycles. The SMILES string of the molecule is NCC#Cc1cc(NC(=O)CC2CCCCO2)ccc1F. The van der Waals surface area contributed by atoms with Crippen LogP contribution in [0, 0.1) is 17.7 Å². The van der Waals surface area contributed by atoms with Crippen molar-refractivity contribution >= 4 is 11.6 Å². The molecule has 0 spiro atoms. The van der Waals surface area contributed by atoms with Gasteiger partial charge in [-0.25, -0.2) is 4.39 Å². The number of hydrogen-bond donors (Lipinski definition) is 2. The highest BCUT2D eigenvalue weighted by Crippen LogP contribution is 2.18. The Morgan fingerprint density at radius 3 is 3.05 bits per heavy atom. The second-order valence-corrected chi connectivity index (χ2v) is 4.94. The Morgan fingerprint density at radius 1 is 1.48 bits per heavy atom. The van der Waals surface area contributed by atoms with E-state index >= 15 is 0 Å². The first kappa shape index (κ1) is 15.5. The van der Waals surface area contributed by atoms with Gasteiger partial charge >= 0.3 is 0 Å². The molecule has 1 amide bonds. The summed E-state index contributed by atoms with van der Waals surface area (Å²) in [5.41, 5.74) is 6.02. The number of amides is 1. The summed E-state index contributed by atoms with van der Waals surface area (Å²) in [6.45, 7) is 0.877. The van der Waals surface area contributed by atoms with Crippen LogP contribution in [0.4, 0.5) is 10.1 Å². The molecule has 1 saturated heterocycles. The lowest BCUT2D eigenvalue weighted by molar-refractivity contribution is -0.119. The van der Waals surface area contributed by atoms with Crippen molar-refractivity contribution in [3.63, 3.8) is 0 Å². The van der Waals surface area contributed by atoms with E-state index in [1.807, 2.05) is 0 Å². The number of hydrogen-bond acceptors (Lipinski definition) is 3. The number of nitrogens with one attached hydrogen (secondary N) is 1. The predicted octanol–water partition coefficient (Wildman–Crippen LogP) is 2.03. The van der Waals surface area contributed by atoms with Crippen LogP contribution in [0.25, 0.3) is 0 Å². The number of nitrogens with two attached hydrogens (primary N) is 1. The molecule has 1 aromatic carbocycles. The fourth-order valence-electron chi connectivity index (χ4n) is 2.23. The Bertz CT molecular complexity index is 557. The molecule has 0 radical (unpaired) electrons. The first-order valence-corrected chi connectivity index (χ1v) is 7.09. The molecule has 1 aliphatic rings. The van der Waals surface area contributed by atoms with Gasteiger partial charge in [0.1, 0.15) is 5.82 Å². The zero-order valence-corrected chi connectivity index (χ0v) is 11.8. The molecule has 1 atom stereocenters. The average Bonchev–Trinajstić information content (AvgIpc) is 2.48. The normalized spacial score (nSPS) is 17.7. The summed E-state index contributed by atoms with van der Waals surface area (Å²) in [6, 6.07) is 4.31. The molecule has 21 heavy (non-hydrogen) atoms. The molecular weight excluding hydrogens is 271 g/mol. The van der Waals surface area contributed by atoms with Crippen molar-refractivity contribution in [1.82, 2.24) is 0 Å². The zero-order valence-electron chi connectivity index (χ0n) is 11.8. The van der Waals surface area contributed by atoms with E-state index in [9.17, 15) is 9.18 Å². The van der Waals surface area contributed by atoms with Gasteiger partial charge in [-0.15, -0.1) is 0 Å². The van der Waals surface area contributed by atoms with Crippen molar-refractivity contribution < 1.29 is 13.9 Å². The minimum absolute atomic E-state index is 0.0179. The number of carbonyl (C=O) groups excluding carboxylic acids is 1. The molecule has 1 unspecified atom stereocenters. The van der Waals surface area contributed by atoms with E-state index in [0.717, 1.165) is 19.3 Å². The fraction of sp³-hybridized carbons (Fsp3) is 0.438. The number of carbonyl (C=O) groups is 1. The summed E-state index contributed by atoms with van der Waals surface area (Å²) in [5.74, 6) is 4.68. The van der Waals surface area contributed by atoms with E-state index < -0.39 is 5.82 Å². The maximum Gasteiger partial charge on any atom is 0.226 e. The maximum absolute atomic E-state index is 13.5. The standard InChI is InChI=1S/C16H19FN2O2/c17-15-7-6-13(10-12(15)4-3-8-18)19-16(20)11-14-5-1-2-9-21-14/h6-7,10,14H,1-2,5,8-9,11,18H2,(H,19,20). The number of rotatable bonds is 3. The van der Waals surface area contributed by atoms with Crippen LogP contribution in [0.5, 0.6) is 0 Å². The van der Waals surface area contributed by atoms with E-state index in [-0.39, 0.29) is 24.1 Å². The van der Waals surface area contributed by atoms with Crippen LogP contribution in [0.3, 0.4) is 0 Å². The van der Waals surface area contributed by atoms with E-state index in [4.69, 9.17) is 10.5 Å². The van der Waals surface area contributed by atoms with Crippen molar-refractivity contribution in [2.45, 2.75) is 31.8 Å². The second-order valence-electron chi connectivity index (χ2n) is 4.94. The van der Waals surface area contributed by atoms with Crippen molar-refractivity contribution in [2.75, 3.05) is 18.5 Å². The van der Waals surface area contributed by atoms with Crippen LogP contribution < -0.4 is 11.1 Å². The Kier molecular flexibility index (Phi) is 5.73. The molecule has 0 saturated carbocycles. The Balaban J connectivity index is 1.96. The van der Waals surface area contributed by atoms with E-state index in [1.165, 1.54) is 18.2 Å². The summed E-state index contributed by atoms with van der Waals surface area (Å²) in [6.07, 6.45) is 3.35. The van der Waals surface area contributed by atoms with Crippen LogP contribution >= 0.6 is 0 Å². The topological polar surface area (TPSA) is 64.3 Å². The molecule has 112 valence electrons. The smallest absolute Gasteiger partial charge is 0.226 e. The quantitative estimate of drug-likeness (QED) is 0.837. The third-order valence-corrected chi connectivity index (χ3v) is 3.26. The van der Waals surface area contributed by atoms with Gasteiger partial charge in [0, 0.05) is 12.3 Å². The first-order chi connectivity index (χ1) is 10.2. The minimum Gasteiger partial charge on any atom is -0.378 e. The van der Waals surface area contributed by atoms with E-state index in [0.29, 0.717) is 18.7 Å². The van der Waals surface area contributed by atoms with Gasteiger partial charge in [0.05, 0.1) is 24.6 Å². The lowest BCUT2D eigenvalue weighted by Crippen LogP contribution is -2.25. The van der Waals surface area contributed by atoms with Gasteiger partial charge in [0.25, 0.3) is 0 Å². The molecule has 1 aliphatic heterocycles. The molecule has 3 N–H and O–H groups in total. The molecular formula is C16H19FN2O2. The third kappa shape index (κ3) is 4.85. The summed E-state index contributed by atoms with van der Waals surface area (Å²) >= 11 is 0. The van der Waals surface area contributed by atoms with Crippen LogP contribution in [0.1, 0.15) is 31.2 Å². The number of benzene rings is 1. The largest absolute Gasteiger partial charge is 0.378 e. The van der Waals surface area contributed by atoms with Crippen molar-refractivity contribution in [3.8, 4) is 11.8 Å². The monoisotopic (exact) mass is 290 g/mol. The second kappa shape index (κ2) is 7.77. The lowest BCUT2D eigenvalue weighted by Gasteiger charge is -2.21. The van der Waals surface area contributed by atoms with E-state index in [2.05, 4.69) is 17.2 Å².